The van der Waals surface area contributed by atoms with Crippen molar-refractivity contribution in [3.8, 4) is 0 Å². The molecule has 3 rings (SSSR count). The second kappa shape index (κ2) is 9.18. The SMILES string of the molecule is COCC1=CC(C2(C3C=C(COC)C(O)C(C)C3)CCCC(C)(C)C2)CC(C)=C1O. The van der Waals surface area contributed by atoms with Crippen LogP contribution in [0.3, 0.4) is 0 Å². The van der Waals surface area contributed by atoms with Crippen LogP contribution in [-0.4, -0.2) is 43.8 Å². The summed E-state index contributed by atoms with van der Waals surface area (Å²) < 4.78 is 10.8. The van der Waals surface area contributed by atoms with Gasteiger partial charge in [-0.2, -0.15) is 0 Å². The Kier molecular flexibility index (Phi) is 7.21. The molecule has 4 heteroatoms. The summed E-state index contributed by atoms with van der Waals surface area (Å²) >= 11 is 0. The van der Waals surface area contributed by atoms with E-state index in [0.29, 0.717) is 36.2 Å². The summed E-state index contributed by atoms with van der Waals surface area (Å²) in [6.45, 7) is 9.99. The van der Waals surface area contributed by atoms with E-state index in [1.165, 1.54) is 25.7 Å². The Bertz CT molecular complexity index is 713. The van der Waals surface area contributed by atoms with Gasteiger partial charge in [-0.1, -0.05) is 39.3 Å². The Balaban J connectivity index is 2.07. The summed E-state index contributed by atoms with van der Waals surface area (Å²) in [6, 6.07) is 0. The first-order valence-electron chi connectivity index (χ1n) is 11.6. The van der Waals surface area contributed by atoms with Crippen molar-refractivity contribution < 1.29 is 19.7 Å². The maximum atomic E-state index is 10.8. The van der Waals surface area contributed by atoms with E-state index >= 15 is 0 Å². The molecule has 170 valence electrons. The van der Waals surface area contributed by atoms with Crippen molar-refractivity contribution in [3.63, 3.8) is 0 Å². The number of ether oxygens (including phenoxy) is 2. The van der Waals surface area contributed by atoms with Gasteiger partial charge >= 0.3 is 0 Å². The average Bonchev–Trinajstić information content (AvgIpc) is 2.68. The van der Waals surface area contributed by atoms with E-state index in [1.54, 1.807) is 14.2 Å². The molecule has 0 spiro atoms. The fourth-order valence-corrected chi connectivity index (χ4v) is 6.62. The van der Waals surface area contributed by atoms with Gasteiger partial charge in [0.25, 0.3) is 0 Å². The summed E-state index contributed by atoms with van der Waals surface area (Å²) in [5.41, 5.74) is 3.45. The Hall–Kier alpha value is -1.10. The van der Waals surface area contributed by atoms with Gasteiger partial charge in [0, 0.05) is 19.8 Å². The first kappa shape index (κ1) is 23.6. The van der Waals surface area contributed by atoms with Crippen molar-refractivity contribution in [2.24, 2.45) is 28.6 Å². The number of rotatable bonds is 6. The number of allylic oxidation sites excluding steroid dienone is 3. The van der Waals surface area contributed by atoms with E-state index in [2.05, 4.69) is 39.8 Å². The number of hydrogen-bond donors (Lipinski definition) is 2. The predicted octanol–water partition coefficient (Wildman–Crippen LogP) is 5.59. The van der Waals surface area contributed by atoms with Crippen molar-refractivity contribution >= 4 is 0 Å². The Morgan fingerprint density at radius 3 is 2.40 bits per heavy atom. The van der Waals surface area contributed by atoms with Gasteiger partial charge in [-0.05, 0) is 78.8 Å². The molecule has 0 bridgehead atoms. The Morgan fingerprint density at radius 1 is 1.07 bits per heavy atom. The second-order valence-electron chi connectivity index (χ2n) is 10.9. The molecule has 0 aliphatic heterocycles. The number of aliphatic hydroxyl groups excluding tert-OH is 2. The highest BCUT2D eigenvalue weighted by Crippen LogP contribution is 2.59. The minimum absolute atomic E-state index is 0.121. The van der Waals surface area contributed by atoms with Crippen LogP contribution in [0.5, 0.6) is 0 Å². The molecule has 0 amide bonds. The fourth-order valence-electron chi connectivity index (χ4n) is 6.62. The maximum Gasteiger partial charge on any atom is 0.119 e. The van der Waals surface area contributed by atoms with E-state index in [0.717, 1.165) is 29.6 Å². The van der Waals surface area contributed by atoms with Crippen LogP contribution in [0.1, 0.15) is 66.2 Å². The van der Waals surface area contributed by atoms with E-state index in [9.17, 15) is 10.2 Å². The fraction of sp³-hybridized carbons (Fsp3) is 0.769. The summed E-state index contributed by atoms with van der Waals surface area (Å²) in [5.74, 6) is 1.41. The van der Waals surface area contributed by atoms with Crippen LogP contribution in [0.25, 0.3) is 0 Å². The molecule has 0 aromatic carbocycles. The molecule has 0 aromatic heterocycles. The molecule has 2 N–H and O–H groups in total. The Labute approximate surface area is 183 Å². The third-order valence-electron chi connectivity index (χ3n) is 7.99. The summed E-state index contributed by atoms with van der Waals surface area (Å²) in [4.78, 5) is 0. The quantitative estimate of drug-likeness (QED) is 0.552. The Morgan fingerprint density at radius 2 is 1.77 bits per heavy atom. The predicted molar refractivity (Wildman–Crippen MR) is 121 cm³/mol. The molecule has 4 nitrogen and oxygen atoms in total. The molecular formula is C26H42O4. The van der Waals surface area contributed by atoms with Gasteiger partial charge in [-0.3, -0.25) is 0 Å². The highest BCUT2D eigenvalue weighted by atomic mass is 16.5. The van der Waals surface area contributed by atoms with E-state index in [1.807, 2.05) is 0 Å². The summed E-state index contributed by atoms with van der Waals surface area (Å²) in [6.07, 6.45) is 11.0. The highest BCUT2D eigenvalue weighted by molar-refractivity contribution is 5.36. The lowest BCUT2D eigenvalue weighted by atomic mass is 9.50. The smallest absolute Gasteiger partial charge is 0.119 e. The molecule has 5 atom stereocenters. The third-order valence-corrected chi connectivity index (χ3v) is 7.99. The van der Waals surface area contributed by atoms with Gasteiger partial charge in [0.2, 0.25) is 0 Å². The second-order valence-corrected chi connectivity index (χ2v) is 10.9. The topological polar surface area (TPSA) is 58.9 Å². The molecular weight excluding hydrogens is 376 g/mol. The molecule has 0 saturated heterocycles. The summed E-state index contributed by atoms with van der Waals surface area (Å²) in [7, 11) is 3.40. The van der Waals surface area contributed by atoms with Gasteiger partial charge in [0.05, 0.1) is 19.3 Å². The van der Waals surface area contributed by atoms with Gasteiger partial charge in [-0.25, -0.2) is 0 Å². The van der Waals surface area contributed by atoms with Gasteiger partial charge in [0.15, 0.2) is 0 Å². The van der Waals surface area contributed by atoms with E-state index < -0.39 is 6.10 Å². The van der Waals surface area contributed by atoms with E-state index in [4.69, 9.17) is 9.47 Å². The van der Waals surface area contributed by atoms with Crippen LogP contribution in [0.4, 0.5) is 0 Å². The third kappa shape index (κ3) is 4.56. The van der Waals surface area contributed by atoms with Crippen molar-refractivity contribution in [2.45, 2.75) is 72.3 Å². The number of hydrogen-bond acceptors (Lipinski definition) is 4. The normalized spacial score (nSPS) is 37.0. The monoisotopic (exact) mass is 418 g/mol. The van der Waals surface area contributed by atoms with Crippen LogP contribution < -0.4 is 0 Å². The first-order valence-corrected chi connectivity index (χ1v) is 11.6. The standard InChI is InChI=1S/C26H42O4/c1-17-10-21(12-19(14-29-5)23(17)27)26(9-7-8-25(3,4)16-26)22-11-18(2)24(28)20(13-22)15-30-6/h12-13,17,21-23,27-28H,7-11,14-16H2,1-6H3. The summed E-state index contributed by atoms with van der Waals surface area (Å²) in [5, 5.41) is 21.4. The lowest BCUT2D eigenvalue weighted by Crippen LogP contribution is -2.47. The molecule has 5 unspecified atom stereocenters. The zero-order valence-electron chi connectivity index (χ0n) is 19.8. The highest BCUT2D eigenvalue weighted by Gasteiger charge is 2.51. The minimum atomic E-state index is -0.411. The molecule has 1 saturated carbocycles. The van der Waals surface area contributed by atoms with Crippen LogP contribution in [0.15, 0.2) is 34.6 Å². The number of aliphatic hydroxyl groups is 2. The molecule has 0 radical (unpaired) electrons. The molecule has 1 fully saturated rings. The van der Waals surface area contributed by atoms with Gasteiger partial charge in [-0.15, -0.1) is 0 Å². The first-order chi connectivity index (χ1) is 14.1. The van der Waals surface area contributed by atoms with Crippen molar-refractivity contribution in [1.82, 2.24) is 0 Å². The van der Waals surface area contributed by atoms with Gasteiger partial charge < -0.3 is 19.7 Å². The molecule has 0 heterocycles. The maximum absolute atomic E-state index is 10.8. The zero-order chi connectivity index (χ0) is 22.1. The molecule has 3 aliphatic carbocycles. The molecule has 30 heavy (non-hydrogen) atoms. The van der Waals surface area contributed by atoms with Crippen LogP contribution in [0.2, 0.25) is 0 Å². The minimum Gasteiger partial charge on any atom is -0.508 e. The van der Waals surface area contributed by atoms with Crippen LogP contribution >= 0.6 is 0 Å². The van der Waals surface area contributed by atoms with Crippen LogP contribution in [-0.2, 0) is 9.47 Å². The largest absolute Gasteiger partial charge is 0.508 e. The lowest BCUT2D eigenvalue weighted by Gasteiger charge is -2.55. The number of methoxy groups -OCH3 is 2. The van der Waals surface area contributed by atoms with Crippen molar-refractivity contribution in [1.29, 1.82) is 0 Å². The molecule has 3 aliphatic rings. The van der Waals surface area contributed by atoms with Gasteiger partial charge in [0.1, 0.15) is 5.76 Å². The van der Waals surface area contributed by atoms with Crippen molar-refractivity contribution in [3.05, 3.63) is 34.6 Å². The van der Waals surface area contributed by atoms with E-state index in [-0.39, 0.29) is 11.3 Å². The molecule has 0 aromatic rings. The van der Waals surface area contributed by atoms with Crippen molar-refractivity contribution in [2.75, 3.05) is 27.4 Å². The average molecular weight is 419 g/mol. The van der Waals surface area contributed by atoms with Crippen LogP contribution in [0, 0.1) is 28.6 Å². The lowest BCUT2D eigenvalue weighted by molar-refractivity contribution is -0.0177. The zero-order valence-corrected chi connectivity index (χ0v) is 19.8.